The molecule has 0 fully saturated rings. The molecule has 0 saturated carbocycles. The Morgan fingerprint density at radius 2 is 1.43 bits per heavy atom. The molecular formula is C36H40BrN3O5S. The minimum Gasteiger partial charge on any atom is -0.489 e. The van der Waals surface area contributed by atoms with Gasteiger partial charge in [-0.2, -0.15) is 0 Å². The Morgan fingerprint density at radius 1 is 0.826 bits per heavy atom. The fourth-order valence-corrected chi connectivity index (χ4v) is 6.02. The lowest BCUT2D eigenvalue weighted by Gasteiger charge is -2.33. The Labute approximate surface area is 280 Å². The van der Waals surface area contributed by atoms with E-state index in [1.165, 1.54) is 4.90 Å². The number of ether oxygens (including phenoxy) is 1. The first-order valence-electron chi connectivity index (χ1n) is 15.2. The number of hydrogen-bond donors (Lipinski definition) is 1. The van der Waals surface area contributed by atoms with Crippen LogP contribution in [0.4, 0.5) is 5.69 Å². The molecule has 10 heteroatoms. The first-order chi connectivity index (χ1) is 22.1. The number of anilines is 1. The SMILES string of the molecule is CCCCNC(=O)[C@H](Cc1ccccc1)N(Cc1ccc(Br)cc1)C(=O)CN(c1ccc(OCc2ccccc2)cc1)S(C)(=O)=O. The number of sulfonamides is 1. The molecule has 242 valence electrons. The number of rotatable bonds is 16. The summed E-state index contributed by atoms with van der Waals surface area (Å²) in [6.45, 7) is 2.53. The van der Waals surface area contributed by atoms with Crippen LogP contribution in [0.25, 0.3) is 0 Å². The predicted molar refractivity (Wildman–Crippen MR) is 186 cm³/mol. The number of unbranched alkanes of at least 4 members (excludes halogenated alkanes) is 1. The van der Waals surface area contributed by atoms with Crippen LogP contribution >= 0.6 is 15.9 Å². The first kappa shape index (κ1) is 34.7. The molecule has 46 heavy (non-hydrogen) atoms. The van der Waals surface area contributed by atoms with Crippen LogP contribution in [0.2, 0.25) is 0 Å². The minimum atomic E-state index is -3.88. The lowest BCUT2D eigenvalue weighted by Crippen LogP contribution is -2.53. The van der Waals surface area contributed by atoms with Crippen LogP contribution in [0.5, 0.6) is 5.75 Å². The third-order valence-corrected chi connectivity index (χ3v) is 9.09. The first-order valence-corrected chi connectivity index (χ1v) is 17.9. The Balaban J connectivity index is 1.63. The highest BCUT2D eigenvalue weighted by molar-refractivity contribution is 9.10. The number of nitrogens with zero attached hydrogens (tertiary/aromatic N) is 2. The quantitative estimate of drug-likeness (QED) is 0.137. The zero-order chi connectivity index (χ0) is 32.9. The second-order valence-corrected chi connectivity index (χ2v) is 13.9. The van der Waals surface area contributed by atoms with E-state index in [1.807, 2.05) is 91.9 Å². The largest absolute Gasteiger partial charge is 0.489 e. The maximum Gasteiger partial charge on any atom is 0.244 e. The van der Waals surface area contributed by atoms with Gasteiger partial charge in [-0.3, -0.25) is 13.9 Å². The van der Waals surface area contributed by atoms with E-state index in [2.05, 4.69) is 21.2 Å². The van der Waals surface area contributed by atoms with Crippen molar-refractivity contribution in [1.29, 1.82) is 0 Å². The van der Waals surface area contributed by atoms with Crippen molar-refractivity contribution < 1.29 is 22.7 Å². The van der Waals surface area contributed by atoms with Gasteiger partial charge >= 0.3 is 0 Å². The summed E-state index contributed by atoms with van der Waals surface area (Å²) in [6.07, 6.45) is 3.05. The molecule has 4 rings (SSSR count). The van der Waals surface area contributed by atoms with Crippen LogP contribution < -0.4 is 14.4 Å². The van der Waals surface area contributed by atoms with E-state index in [4.69, 9.17) is 4.74 Å². The predicted octanol–water partition coefficient (Wildman–Crippen LogP) is 6.35. The summed E-state index contributed by atoms with van der Waals surface area (Å²) < 4.78 is 34.0. The normalized spacial score (nSPS) is 11.8. The zero-order valence-electron chi connectivity index (χ0n) is 26.1. The van der Waals surface area contributed by atoms with Gasteiger partial charge in [0.25, 0.3) is 0 Å². The molecule has 0 spiro atoms. The Bertz CT molecular complexity index is 1650. The minimum absolute atomic E-state index is 0.120. The van der Waals surface area contributed by atoms with Gasteiger partial charge in [-0.15, -0.1) is 0 Å². The van der Waals surface area contributed by atoms with E-state index in [1.54, 1.807) is 24.3 Å². The van der Waals surface area contributed by atoms with Gasteiger partial charge in [-0.25, -0.2) is 8.42 Å². The molecule has 8 nitrogen and oxygen atoms in total. The Kier molecular flexibility index (Phi) is 12.8. The molecule has 4 aromatic rings. The number of nitrogens with one attached hydrogen (secondary N) is 1. The average molecular weight is 707 g/mol. The molecule has 0 radical (unpaired) electrons. The fraction of sp³-hybridized carbons (Fsp3) is 0.278. The second kappa shape index (κ2) is 17.0. The lowest BCUT2D eigenvalue weighted by atomic mass is 10.0. The summed E-state index contributed by atoms with van der Waals surface area (Å²) >= 11 is 3.45. The number of carbonyl (C=O) groups is 2. The van der Waals surface area contributed by atoms with Crippen molar-refractivity contribution in [2.45, 2.75) is 45.4 Å². The van der Waals surface area contributed by atoms with Gasteiger partial charge in [0.1, 0.15) is 24.9 Å². The Morgan fingerprint density at radius 3 is 2.02 bits per heavy atom. The molecule has 0 saturated heterocycles. The third-order valence-electron chi connectivity index (χ3n) is 7.42. The van der Waals surface area contributed by atoms with Gasteiger partial charge in [0.05, 0.1) is 11.9 Å². The van der Waals surface area contributed by atoms with Crippen molar-refractivity contribution >= 4 is 43.5 Å². The van der Waals surface area contributed by atoms with Crippen molar-refractivity contribution in [3.05, 3.63) is 130 Å². The van der Waals surface area contributed by atoms with Crippen molar-refractivity contribution in [1.82, 2.24) is 10.2 Å². The highest BCUT2D eigenvalue weighted by Gasteiger charge is 2.33. The van der Waals surface area contributed by atoms with Crippen molar-refractivity contribution in [2.75, 3.05) is 23.7 Å². The maximum atomic E-state index is 14.2. The van der Waals surface area contributed by atoms with Gasteiger partial charge in [-0.1, -0.05) is 102 Å². The molecule has 0 aliphatic carbocycles. The third kappa shape index (κ3) is 10.5. The molecule has 0 bridgehead atoms. The smallest absolute Gasteiger partial charge is 0.244 e. The van der Waals surface area contributed by atoms with Crippen LogP contribution in [-0.2, 0) is 39.2 Å². The number of amides is 2. The van der Waals surface area contributed by atoms with Crippen LogP contribution in [-0.4, -0.2) is 50.5 Å². The van der Waals surface area contributed by atoms with Gasteiger partial charge in [0, 0.05) is 24.0 Å². The number of benzene rings is 4. The average Bonchev–Trinajstić information content (AvgIpc) is 3.06. The van der Waals surface area contributed by atoms with E-state index in [-0.39, 0.29) is 18.9 Å². The molecule has 1 N–H and O–H groups in total. The molecule has 0 aliphatic heterocycles. The molecule has 0 unspecified atom stereocenters. The van der Waals surface area contributed by atoms with E-state index >= 15 is 0 Å². The van der Waals surface area contributed by atoms with Gasteiger partial charge in [-0.05, 0) is 59.5 Å². The molecule has 0 heterocycles. The molecule has 0 aliphatic rings. The van der Waals surface area contributed by atoms with Crippen molar-refractivity contribution in [2.24, 2.45) is 0 Å². The van der Waals surface area contributed by atoms with E-state index in [0.717, 1.165) is 44.6 Å². The zero-order valence-corrected chi connectivity index (χ0v) is 28.5. The number of carbonyl (C=O) groups excluding carboxylic acids is 2. The van der Waals surface area contributed by atoms with Crippen LogP contribution in [0.3, 0.4) is 0 Å². The molecule has 0 aromatic heterocycles. The molecular weight excluding hydrogens is 666 g/mol. The van der Waals surface area contributed by atoms with Crippen LogP contribution in [0, 0.1) is 0 Å². The monoisotopic (exact) mass is 705 g/mol. The summed E-state index contributed by atoms with van der Waals surface area (Å²) in [5.41, 5.74) is 3.02. The molecule has 1 atom stereocenters. The highest BCUT2D eigenvalue weighted by atomic mass is 79.9. The summed E-state index contributed by atoms with van der Waals surface area (Å²) in [4.78, 5) is 29.4. The fourth-order valence-electron chi connectivity index (χ4n) is 4.91. The van der Waals surface area contributed by atoms with Gasteiger partial charge in [0.15, 0.2) is 0 Å². The maximum absolute atomic E-state index is 14.2. The summed E-state index contributed by atoms with van der Waals surface area (Å²) in [7, 11) is -3.88. The molecule has 2 amide bonds. The van der Waals surface area contributed by atoms with E-state index in [9.17, 15) is 18.0 Å². The van der Waals surface area contributed by atoms with E-state index < -0.39 is 28.5 Å². The standard InChI is InChI=1S/C36H40BrN3O5S/c1-3-4-23-38-36(42)34(24-28-11-7-5-8-12-28)39(25-29-15-17-31(37)18-16-29)35(41)26-40(46(2,43)44)32-19-21-33(22-20-32)45-27-30-13-9-6-10-14-30/h5-22,34H,3-4,23-27H2,1-2H3,(H,38,42)/t34-/m0/s1. The van der Waals surface area contributed by atoms with Crippen molar-refractivity contribution in [3.8, 4) is 5.75 Å². The molecule has 4 aromatic carbocycles. The summed E-state index contributed by atoms with van der Waals surface area (Å²) in [5.74, 6) is -0.214. The number of hydrogen-bond acceptors (Lipinski definition) is 5. The highest BCUT2D eigenvalue weighted by Crippen LogP contribution is 2.24. The van der Waals surface area contributed by atoms with Gasteiger partial charge in [0.2, 0.25) is 21.8 Å². The Hall–Kier alpha value is -4.15. The van der Waals surface area contributed by atoms with E-state index in [0.29, 0.717) is 24.6 Å². The lowest BCUT2D eigenvalue weighted by molar-refractivity contribution is -0.140. The second-order valence-electron chi connectivity index (χ2n) is 11.0. The number of halogens is 1. The van der Waals surface area contributed by atoms with Gasteiger partial charge < -0.3 is 15.0 Å². The van der Waals surface area contributed by atoms with Crippen molar-refractivity contribution in [3.63, 3.8) is 0 Å². The van der Waals surface area contributed by atoms with Crippen LogP contribution in [0.15, 0.2) is 114 Å². The topological polar surface area (TPSA) is 96.0 Å². The summed E-state index contributed by atoms with van der Waals surface area (Å²) in [6, 6.07) is 32.4. The summed E-state index contributed by atoms with van der Waals surface area (Å²) in [5, 5.41) is 2.99. The van der Waals surface area contributed by atoms with Crippen LogP contribution in [0.1, 0.15) is 36.5 Å².